The lowest BCUT2D eigenvalue weighted by atomic mass is 10.2. The number of aromatic nitrogens is 1. The molecule has 1 aromatic heterocycles. The van der Waals surface area contributed by atoms with E-state index >= 15 is 0 Å². The third-order valence-electron chi connectivity index (χ3n) is 2.98. The average molecular weight is 244 g/mol. The molecule has 0 radical (unpaired) electrons. The molecular weight excluding hydrogens is 224 g/mol. The summed E-state index contributed by atoms with van der Waals surface area (Å²) >= 11 is 0. The van der Waals surface area contributed by atoms with Crippen LogP contribution in [0.2, 0.25) is 0 Å². The van der Waals surface area contributed by atoms with Crippen LogP contribution in [0.4, 0.5) is 0 Å². The predicted molar refractivity (Wildman–Crippen MR) is 75.0 cm³/mol. The van der Waals surface area contributed by atoms with Gasteiger partial charge in [0.05, 0.1) is 5.52 Å². The van der Waals surface area contributed by atoms with Crippen molar-refractivity contribution in [3.63, 3.8) is 0 Å². The van der Waals surface area contributed by atoms with Crippen LogP contribution in [0, 0.1) is 0 Å². The first-order valence-electron chi connectivity index (χ1n) is 6.56. The lowest BCUT2D eigenvalue weighted by Crippen LogP contribution is -2.30. The molecule has 0 spiro atoms. The van der Waals surface area contributed by atoms with Crippen LogP contribution in [-0.2, 0) is 0 Å². The maximum absolute atomic E-state index is 6.08. The second-order valence-electron chi connectivity index (χ2n) is 4.28. The Labute approximate surface area is 108 Å². The van der Waals surface area contributed by atoms with Gasteiger partial charge in [-0.05, 0) is 37.2 Å². The summed E-state index contributed by atoms with van der Waals surface area (Å²) in [5.74, 6) is 0.922. The van der Waals surface area contributed by atoms with Crippen molar-refractivity contribution in [2.45, 2.75) is 26.4 Å². The zero-order valence-corrected chi connectivity index (χ0v) is 11.0. The van der Waals surface area contributed by atoms with Gasteiger partial charge in [-0.1, -0.05) is 19.9 Å². The quantitative estimate of drug-likeness (QED) is 0.848. The predicted octanol–water partition coefficient (Wildman–Crippen LogP) is 3.00. The van der Waals surface area contributed by atoms with Crippen molar-refractivity contribution in [1.29, 1.82) is 0 Å². The van der Waals surface area contributed by atoms with Gasteiger partial charge in [-0.2, -0.15) is 0 Å². The van der Waals surface area contributed by atoms with Gasteiger partial charge in [0, 0.05) is 18.1 Å². The molecular formula is C15H20N2O. The van der Waals surface area contributed by atoms with E-state index in [0.717, 1.165) is 36.2 Å². The first-order valence-corrected chi connectivity index (χ1v) is 6.56. The summed E-state index contributed by atoms with van der Waals surface area (Å²) in [6.45, 7) is 6.10. The number of rotatable bonds is 6. The Morgan fingerprint density at radius 1 is 1.22 bits per heavy atom. The van der Waals surface area contributed by atoms with Crippen LogP contribution in [0.25, 0.3) is 10.9 Å². The molecule has 1 atom stereocenters. The largest absolute Gasteiger partial charge is 0.488 e. The topological polar surface area (TPSA) is 34.1 Å². The minimum Gasteiger partial charge on any atom is -0.488 e. The zero-order valence-electron chi connectivity index (χ0n) is 11.0. The van der Waals surface area contributed by atoms with Gasteiger partial charge in [-0.25, -0.2) is 0 Å². The van der Waals surface area contributed by atoms with Gasteiger partial charge in [-0.3, -0.25) is 4.98 Å². The van der Waals surface area contributed by atoms with Crippen molar-refractivity contribution >= 4 is 10.9 Å². The fourth-order valence-corrected chi connectivity index (χ4v) is 1.93. The molecule has 1 N–H and O–H groups in total. The summed E-state index contributed by atoms with van der Waals surface area (Å²) < 4.78 is 6.08. The molecule has 0 saturated heterocycles. The maximum Gasteiger partial charge on any atom is 0.129 e. The summed E-state index contributed by atoms with van der Waals surface area (Å²) in [5.41, 5.74) is 0.980. The molecule has 0 aliphatic carbocycles. The molecule has 0 bridgehead atoms. The minimum atomic E-state index is 0.204. The molecule has 0 aliphatic heterocycles. The van der Waals surface area contributed by atoms with E-state index in [1.165, 1.54) is 0 Å². The molecule has 96 valence electrons. The molecule has 18 heavy (non-hydrogen) atoms. The summed E-state index contributed by atoms with van der Waals surface area (Å²) in [6.07, 6.45) is 3.00. The summed E-state index contributed by atoms with van der Waals surface area (Å²) in [6, 6.07) is 10.0. The molecule has 0 aliphatic rings. The van der Waals surface area contributed by atoms with Crippen LogP contribution in [0.3, 0.4) is 0 Å². The highest BCUT2D eigenvalue weighted by atomic mass is 16.5. The summed E-state index contributed by atoms with van der Waals surface area (Å²) in [5, 5.41) is 4.41. The molecule has 0 amide bonds. The molecule has 0 fully saturated rings. The molecule has 1 heterocycles. The normalized spacial score (nSPS) is 12.6. The van der Waals surface area contributed by atoms with E-state index in [0.29, 0.717) is 0 Å². The number of likely N-dealkylation sites (N-methyl/N-ethyl adjacent to an activating group) is 1. The number of fused-ring (bicyclic) bond motifs is 1. The third kappa shape index (κ3) is 2.99. The Morgan fingerprint density at radius 2 is 2.11 bits per heavy atom. The number of hydrogen-bond acceptors (Lipinski definition) is 3. The molecule has 1 aromatic carbocycles. The molecule has 1 unspecified atom stereocenters. The number of nitrogens with zero attached hydrogens (tertiary/aromatic N) is 1. The van der Waals surface area contributed by atoms with Crippen LogP contribution in [0.1, 0.15) is 20.3 Å². The van der Waals surface area contributed by atoms with E-state index < -0.39 is 0 Å². The van der Waals surface area contributed by atoms with Crippen molar-refractivity contribution < 1.29 is 4.74 Å². The minimum absolute atomic E-state index is 0.204. The first kappa shape index (κ1) is 12.8. The lowest BCUT2D eigenvalue weighted by Gasteiger charge is -2.18. The Kier molecular flexibility index (Phi) is 4.53. The number of benzene rings is 1. The second-order valence-corrected chi connectivity index (χ2v) is 4.28. The number of nitrogens with one attached hydrogen (secondary N) is 1. The molecule has 3 nitrogen and oxygen atoms in total. The van der Waals surface area contributed by atoms with E-state index in [4.69, 9.17) is 4.74 Å². The first-order chi connectivity index (χ1) is 8.85. The second kappa shape index (κ2) is 6.36. The molecule has 0 saturated carbocycles. The monoisotopic (exact) mass is 244 g/mol. The van der Waals surface area contributed by atoms with Crippen molar-refractivity contribution in [3.05, 3.63) is 36.5 Å². The standard InChI is InChI=1S/C15H20N2O/c1-3-12(11-16-4-2)18-15-9-5-8-14-13(15)7-6-10-17-14/h5-10,12,16H,3-4,11H2,1-2H3. The Hall–Kier alpha value is -1.61. The van der Waals surface area contributed by atoms with Crippen molar-refractivity contribution in [3.8, 4) is 5.75 Å². The van der Waals surface area contributed by atoms with Gasteiger partial charge in [0.15, 0.2) is 0 Å². The van der Waals surface area contributed by atoms with E-state index in [1.54, 1.807) is 0 Å². The Bertz CT molecular complexity index is 493. The van der Waals surface area contributed by atoms with Crippen LogP contribution in [0.5, 0.6) is 5.75 Å². The lowest BCUT2D eigenvalue weighted by molar-refractivity contribution is 0.197. The molecule has 2 aromatic rings. The fourth-order valence-electron chi connectivity index (χ4n) is 1.93. The van der Waals surface area contributed by atoms with Gasteiger partial charge in [0.2, 0.25) is 0 Å². The van der Waals surface area contributed by atoms with Gasteiger partial charge in [-0.15, -0.1) is 0 Å². The Morgan fingerprint density at radius 3 is 2.89 bits per heavy atom. The van der Waals surface area contributed by atoms with Crippen LogP contribution < -0.4 is 10.1 Å². The van der Waals surface area contributed by atoms with Crippen LogP contribution in [-0.4, -0.2) is 24.2 Å². The fraction of sp³-hybridized carbons (Fsp3) is 0.400. The van der Waals surface area contributed by atoms with E-state index in [-0.39, 0.29) is 6.10 Å². The van der Waals surface area contributed by atoms with Gasteiger partial charge in [0.25, 0.3) is 0 Å². The molecule has 3 heteroatoms. The van der Waals surface area contributed by atoms with E-state index in [1.807, 2.05) is 30.5 Å². The van der Waals surface area contributed by atoms with Crippen LogP contribution in [0.15, 0.2) is 36.5 Å². The number of ether oxygens (including phenoxy) is 1. The summed E-state index contributed by atoms with van der Waals surface area (Å²) in [4.78, 5) is 4.34. The summed E-state index contributed by atoms with van der Waals surface area (Å²) in [7, 11) is 0. The van der Waals surface area contributed by atoms with Crippen molar-refractivity contribution in [1.82, 2.24) is 10.3 Å². The average Bonchev–Trinajstić information content (AvgIpc) is 2.43. The van der Waals surface area contributed by atoms with Gasteiger partial charge in [0.1, 0.15) is 11.9 Å². The number of pyridine rings is 1. The highest BCUT2D eigenvalue weighted by molar-refractivity contribution is 5.84. The van der Waals surface area contributed by atoms with Crippen LogP contribution >= 0.6 is 0 Å². The maximum atomic E-state index is 6.08. The number of hydrogen-bond donors (Lipinski definition) is 1. The van der Waals surface area contributed by atoms with Crippen molar-refractivity contribution in [2.24, 2.45) is 0 Å². The highest BCUT2D eigenvalue weighted by Crippen LogP contribution is 2.24. The van der Waals surface area contributed by atoms with E-state index in [9.17, 15) is 0 Å². The van der Waals surface area contributed by atoms with E-state index in [2.05, 4.69) is 30.2 Å². The zero-order chi connectivity index (χ0) is 12.8. The van der Waals surface area contributed by atoms with Gasteiger partial charge < -0.3 is 10.1 Å². The SMILES string of the molecule is CCNCC(CC)Oc1cccc2ncccc12. The molecule has 2 rings (SSSR count). The third-order valence-corrected chi connectivity index (χ3v) is 2.98. The highest BCUT2D eigenvalue weighted by Gasteiger charge is 2.09. The van der Waals surface area contributed by atoms with Gasteiger partial charge >= 0.3 is 0 Å². The Balaban J connectivity index is 2.19. The van der Waals surface area contributed by atoms with Crippen molar-refractivity contribution in [2.75, 3.05) is 13.1 Å². The smallest absolute Gasteiger partial charge is 0.129 e.